The summed E-state index contributed by atoms with van der Waals surface area (Å²) in [5.74, 6) is -1.44. The molecule has 1 aromatic rings. The summed E-state index contributed by atoms with van der Waals surface area (Å²) in [5, 5.41) is 8.81. The first-order valence-electron chi connectivity index (χ1n) is 4.70. The topological polar surface area (TPSA) is 108 Å². The van der Waals surface area contributed by atoms with Crippen molar-refractivity contribution in [1.82, 2.24) is 4.98 Å². The van der Waals surface area contributed by atoms with Crippen LogP contribution in [-0.2, 0) is 15.1 Å². The Bertz CT molecular complexity index is 572. The number of carbonyl (C=O) groups is 1. The summed E-state index contributed by atoms with van der Waals surface area (Å²) in [7, 11) is -4.82. The molecule has 0 radical (unpaired) electrons. The Morgan fingerprint density at radius 2 is 2.06 bits per heavy atom. The quantitative estimate of drug-likeness (QED) is 0.638. The first-order chi connectivity index (χ1) is 8.08. The predicted molar refractivity (Wildman–Crippen MR) is 65.0 cm³/mol. The Labute approximate surface area is 109 Å². The van der Waals surface area contributed by atoms with Gasteiger partial charge in [-0.3, -0.25) is 4.55 Å². The summed E-state index contributed by atoms with van der Waals surface area (Å²) in [4.78, 5) is 14.8. The molecule has 0 atom stereocenters. The predicted octanol–water partition coefficient (Wildman–Crippen LogP) is 1.21. The third-order valence-corrected chi connectivity index (χ3v) is 3.63. The lowest BCUT2D eigenvalue weighted by Crippen LogP contribution is -2.53. The van der Waals surface area contributed by atoms with E-state index in [1.807, 2.05) is 0 Å². The minimum Gasteiger partial charge on any atom is -0.479 e. The Morgan fingerprint density at radius 3 is 2.44 bits per heavy atom. The van der Waals surface area contributed by atoms with Gasteiger partial charge in [0.25, 0.3) is 0 Å². The van der Waals surface area contributed by atoms with Crippen molar-refractivity contribution in [2.75, 3.05) is 4.31 Å². The van der Waals surface area contributed by atoms with E-state index >= 15 is 0 Å². The van der Waals surface area contributed by atoms with Crippen molar-refractivity contribution in [3.05, 3.63) is 23.5 Å². The summed E-state index contributed by atoms with van der Waals surface area (Å²) in [6.07, 6.45) is 1.31. The maximum Gasteiger partial charge on any atom is 0.361 e. The zero-order valence-corrected chi connectivity index (χ0v) is 11.1. The molecule has 7 nitrogen and oxygen atoms in total. The molecule has 1 heterocycles. The lowest BCUT2D eigenvalue weighted by Gasteiger charge is -2.33. The lowest BCUT2D eigenvalue weighted by molar-refractivity contribution is -0.141. The van der Waals surface area contributed by atoms with E-state index in [0.29, 0.717) is 4.31 Å². The summed E-state index contributed by atoms with van der Waals surface area (Å²) >= 11 is 5.71. The number of carboxylic acid groups (broad SMARTS) is 1. The molecule has 0 saturated heterocycles. The highest BCUT2D eigenvalue weighted by molar-refractivity contribution is 7.87. The molecule has 100 valence electrons. The zero-order chi connectivity index (χ0) is 14.1. The van der Waals surface area contributed by atoms with Gasteiger partial charge in [-0.25, -0.2) is 14.1 Å². The molecule has 1 rings (SSSR count). The van der Waals surface area contributed by atoms with Crippen LogP contribution in [0.3, 0.4) is 0 Å². The van der Waals surface area contributed by atoms with Crippen molar-refractivity contribution in [2.24, 2.45) is 0 Å². The van der Waals surface area contributed by atoms with Crippen molar-refractivity contribution in [2.45, 2.75) is 19.4 Å². The van der Waals surface area contributed by atoms with E-state index in [9.17, 15) is 17.8 Å². The molecule has 0 aliphatic rings. The van der Waals surface area contributed by atoms with Crippen LogP contribution in [0, 0.1) is 0 Å². The summed E-state index contributed by atoms with van der Waals surface area (Å²) in [6, 6.07) is 2.62. The van der Waals surface area contributed by atoms with Crippen LogP contribution in [0.5, 0.6) is 0 Å². The van der Waals surface area contributed by atoms with Gasteiger partial charge in [0.2, 0.25) is 0 Å². The molecule has 0 spiro atoms. The van der Waals surface area contributed by atoms with Crippen LogP contribution in [0.25, 0.3) is 0 Å². The summed E-state index contributed by atoms with van der Waals surface area (Å²) < 4.78 is 32.2. The fourth-order valence-electron chi connectivity index (χ4n) is 1.33. The molecule has 0 fully saturated rings. The van der Waals surface area contributed by atoms with Gasteiger partial charge < -0.3 is 5.11 Å². The van der Waals surface area contributed by atoms with Crippen molar-refractivity contribution >= 4 is 33.6 Å². The van der Waals surface area contributed by atoms with Gasteiger partial charge in [0, 0.05) is 6.20 Å². The minimum absolute atomic E-state index is 0.214. The Morgan fingerprint density at radius 1 is 1.50 bits per heavy atom. The monoisotopic (exact) mass is 294 g/mol. The van der Waals surface area contributed by atoms with Gasteiger partial charge in [0.15, 0.2) is 5.15 Å². The Balaban J connectivity index is 3.52. The number of pyridine rings is 1. The van der Waals surface area contributed by atoms with Crippen molar-refractivity contribution < 1.29 is 22.9 Å². The molecule has 0 aliphatic heterocycles. The van der Waals surface area contributed by atoms with E-state index in [4.69, 9.17) is 16.7 Å². The summed E-state index contributed by atoms with van der Waals surface area (Å²) in [6.45, 7) is 2.23. The lowest BCUT2D eigenvalue weighted by atomic mass is 10.1. The first kappa shape index (κ1) is 14.7. The van der Waals surface area contributed by atoms with Crippen LogP contribution < -0.4 is 4.31 Å². The maximum absolute atomic E-state index is 11.4. The molecular weight excluding hydrogens is 284 g/mol. The van der Waals surface area contributed by atoms with E-state index in [0.717, 1.165) is 13.8 Å². The van der Waals surface area contributed by atoms with Gasteiger partial charge in [0.05, 0.1) is 5.69 Å². The van der Waals surface area contributed by atoms with Crippen LogP contribution in [0.1, 0.15) is 13.8 Å². The SMILES string of the molecule is CC(C)(C(=O)O)N(c1cccnc1Cl)S(=O)(=O)O. The van der Waals surface area contributed by atoms with Crippen molar-refractivity contribution in [3.63, 3.8) is 0 Å². The molecule has 0 saturated carbocycles. The van der Waals surface area contributed by atoms with Crippen LogP contribution in [0.4, 0.5) is 5.69 Å². The smallest absolute Gasteiger partial charge is 0.361 e. The second-order valence-electron chi connectivity index (χ2n) is 3.92. The molecular formula is C9H11ClN2O5S. The largest absolute Gasteiger partial charge is 0.479 e. The molecule has 0 aliphatic carbocycles. The van der Waals surface area contributed by atoms with E-state index < -0.39 is 21.8 Å². The molecule has 2 N–H and O–H groups in total. The number of halogens is 1. The number of carboxylic acids is 1. The summed E-state index contributed by atoms with van der Waals surface area (Å²) in [5.41, 5.74) is -2.13. The highest BCUT2D eigenvalue weighted by Gasteiger charge is 2.42. The van der Waals surface area contributed by atoms with Gasteiger partial charge in [-0.15, -0.1) is 0 Å². The fourth-order valence-corrected chi connectivity index (χ4v) is 2.63. The molecule has 0 unspecified atom stereocenters. The normalized spacial score (nSPS) is 12.2. The van der Waals surface area contributed by atoms with Crippen molar-refractivity contribution in [3.8, 4) is 0 Å². The number of nitrogens with zero attached hydrogens (tertiary/aromatic N) is 2. The molecule has 9 heteroatoms. The molecule has 1 aromatic heterocycles. The molecule has 0 amide bonds. The van der Waals surface area contributed by atoms with Gasteiger partial charge in [-0.05, 0) is 26.0 Å². The maximum atomic E-state index is 11.4. The minimum atomic E-state index is -4.82. The van der Waals surface area contributed by atoms with Crippen LogP contribution in [0.2, 0.25) is 5.15 Å². The molecule has 0 bridgehead atoms. The second-order valence-corrected chi connectivity index (χ2v) is 5.54. The van der Waals surface area contributed by atoms with E-state index in [1.54, 1.807) is 0 Å². The highest BCUT2D eigenvalue weighted by atomic mass is 35.5. The van der Waals surface area contributed by atoms with Crippen molar-refractivity contribution in [1.29, 1.82) is 0 Å². The number of anilines is 1. The van der Waals surface area contributed by atoms with Crippen LogP contribution in [0.15, 0.2) is 18.3 Å². The average molecular weight is 295 g/mol. The third-order valence-electron chi connectivity index (χ3n) is 2.22. The Kier molecular flexibility index (Phi) is 3.84. The number of rotatable bonds is 4. The number of hydrogen-bond donors (Lipinski definition) is 2. The highest BCUT2D eigenvalue weighted by Crippen LogP contribution is 2.31. The van der Waals surface area contributed by atoms with Crippen LogP contribution in [-0.4, -0.2) is 34.6 Å². The standard InChI is InChI=1S/C9H11ClN2O5S/c1-9(2,8(13)14)12(18(15,16)17)6-4-3-5-11-7(6)10/h3-5H,1-2H3,(H,13,14)(H,15,16,17). The molecule has 18 heavy (non-hydrogen) atoms. The Hall–Kier alpha value is -1.38. The van der Waals surface area contributed by atoms with Gasteiger partial charge >= 0.3 is 16.3 Å². The number of aliphatic carboxylic acids is 1. The number of hydrogen-bond acceptors (Lipinski definition) is 4. The van der Waals surface area contributed by atoms with E-state index in [1.165, 1.54) is 18.3 Å². The van der Waals surface area contributed by atoms with Crippen LogP contribution >= 0.6 is 11.6 Å². The van der Waals surface area contributed by atoms with Gasteiger partial charge in [-0.1, -0.05) is 11.6 Å². The zero-order valence-electron chi connectivity index (χ0n) is 9.53. The fraction of sp³-hybridized carbons (Fsp3) is 0.333. The molecule has 0 aromatic carbocycles. The van der Waals surface area contributed by atoms with E-state index in [-0.39, 0.29) is 10.8 Å². The third kappa shape index (κ3) is 2.71. The van der Waals surface area contributed by atoms with Gasteiger partial charge in [0.1, 0.15) is 5.54 Å². The number of aromatic nitrogens is 1. The van der Waals surface area contributed by atoms with Gasteiger partial charge in [-0.2, -0.15) is 8.42 Å². The first-order valence-corrected chi connectivity index (χ1v) is 6.47. The average Bonchev–Trinajstić information content (AvgIpc) is 2.18. The van der Waals surface area contributed by atoms with E-state index in [2.05, 4.69) is 4.98 Å². The second kappa shape index (κ2) is 4.71.